The number of carboxylic acids is 1. The Labute approximate surface area is 98.6 Å². The minimum absolute atomic E-state index is 0. The van der Waals surface area contributed by atoms with Crippen LogP contribution in [0.2, 0.25) is 0 Å². The van der Waals surface area contributed by atoms with E-state index in [-0.39, 0.29) is 24.7 Å². The van der Waals surface area contributed by atoms with Crippen molar-refractivity contribution >= 4 is 24.2 Å². The van der Waals surface area contributed by atoms with Gasteiger partial charge in [0.05, 0.1) is 12.5 Å². The van der Waals surface area contributed by atoms with Gasteiger partial charge in [-0.2, -0.15) is 0 Å². The predicted octanol–water partition coefficient (Wildman–Crippen LogP) is -0.622. The lowest BCUT2D eigenvalue weighted by atomic mass is 10.1. The van der Waals surface area contributed by atoms with Crippen molar-refractivity contribution in [1.82, 2.24) is 0 Å². The van der Waals surface area contributed by atoms with Crippen molar-refractivity contribution in [1.29, 1.82) is 0 Å². The third-order valence-corrected chi connectivity index (χ3v) is 1.72. The molecule has 0 spiro atoms. The van der Waals surface area contributed by atoms with E-state index in [0.717, 1.165) is 0 Å². The van der Waals surface area contributed by atoms with Gasteiger partial charge in [-0.15, -0.1) is 12.4 Å². The van der Waals surface area contributed by atoms with E-state index >= 15 is 0 Å². The fourth-order valence-electron chi connectivity index (χ4n) is 0.997. The monoisotopic (exact) mass is 244 g/mol. The van der Waals surface area contributed by atoms with Crippen LogP contribution in [0.3, 0.4) is 0 Å². The molecule has 1 aromatic carbocycles. The van der Waals surface area contributed by atoms with Gasteiger partial charge in [0.2, 0.25) is 0 Å². The third kappa shape index (κ3) is 4.29. The van der Waals surface area contributed by atoms with E-state index in [9.17, 15) is 14.7 Å². The smallest absolute Gasteiger partial charge is 0.176 e. The predicted molar refractivity (Wildman–Crippen MR) is 57.6 cm³/mol. The summed E-state index contributed by atoms with van der Waals surface area (Å²) >= 11 is 0. The van der Waals surface area contributed by atoms with Crippen molar-refractivity contribution in [3.63, 3.8) is 0 Å². The molecule has 0 heterocycles. The number of hydrogen-bond acceptors (Lipinski definition) is 5. The lowest BCUT2D eigenvalue weighted by Crippen LogP contribution is -2.28. The summed E-state index contributed by atoms with van der Waals surface area (Å²) < 4.78 is 4.83. The number of carbonyl (C=O) groups excluding carboxylic acids is 2. The van der Waals surface area contributed by atoms with Gasteiger partial charge in [-0.05, 0) is 24.3 Å². The van der Waals surface area contributed by atoms with Crippen LogP contribution in [0.25, 0.3) is 0 Å². The van der Waals surface area contributed by atoms with Gasteiger partial charge in [-0.25, -0.2) is 0 Å². The third-order valence-electron chi connectivity index (χ3n) is 1.72. The molecule has 0 atom stereocenters. The lowest BCUT2D eigenvalue weighted by Gasteiger charge is -2.06. The van der Waals surface area contributed by atoms with Crippen molar-refractivity contribution in [2.24, 2.45) is 5.73 Å². The minimum Gasteiger partial charge on any atom is -0.546 e. The first-order valence-corrected chi connectivity index (χ1v) is 4.29. The molecule has 0 aliphatic heterocycles. The van der Waals surface area contributed by atoms with Crippen LogP contribution in [0.1, 0.15) is 10.4 Å². The van der Waals surface area contributed by atoms with Gasteiger partial charge in [-0.3, -0.25) is 4.79 Å². The van der Waals surface area contributed by atoms with Crippen molar-refractivity contribution in [2.45, 2.75) is 0 Å². The fraction of sp³-hybridized carbons (Fsp3) is 0.200. The van der Waals surface area contributed by atoms with Crippen LogP contribution in [0.15, 0.2) is 24.3 Å². The van der Waals surface area contributed by atoms with Crippen LogP contribution in [0, 0.1) is 0 Å². The molecule has 0 saturated carbocycles. The molecule has 0 amide bonds. The first-order chi connectivity index (χ1) is 7.13. The summed E-state index contributed by atoms with van der Waals surface area (Å²) in [5.74, 6) is -1.11. The van der Waals surface area contributed by atoms with E-state index in [0.29, 0.717) is 11.3 Å². The van der Waals surface area contributed by atoms with E-state index in [2.05, 4.69) is 0 Å². The molecule has 0 fully saturated rings. The Balaban J connectivity index is 0.00000225. The second kappa shape index (κ2) is 6.81. The van der Waals surface area contributed by atoms with Crippen LogP contribution in [0.5, 0.6) is 5.75 Å². The molecular formula is C10H11ClNO4-. The highest BCUT2D eigenvalue weighted by atomic mass is 35.5. The summed E-state index contributed by atoms with van der Waals surface area (Å²) in [6.45, 7) is -0.566. The Bertz CT molecular complexity index is 364. The number of halogens is 1. The van der Waals surface area contributed by atoms with Gasteiger partial charge in [0.15, 0.2) is 5.78 Å². The minimum atomic E-state index is -1.29. The number of rotatable bonds is 5. The number of carbonyl (C=O) groups is 2. The second-order valence-electron chi connectivity index (χ2n) is 2.81. The number of nitrogens with two attached hydrogens (primary N) is 1. The number of aliphatic carboxylic acids is 1. The average molecular weight is 245 g/mol. The van der Waals surface area contributed by atoms with Crippen LogP contribution in [-0.4, -0.2) is 24.9 Å². The standard InChI is InChI=1S/C10H11NO4.ClH/c11-5-9(12)7-1-3-8(4-2-7)15-6-10(13)14;/h1-4H,5-6,11H2,(H,13,14);1H/p-1. The average Bonchev–Trinajstić information content (AvgIpc) is 2.26. The molecule has 0 aromatic heterocycles. The summed E-state index contributed by atoms with van der Waals surface area (Å²) in [6, 6.07) is 6.07. The molecule has 0 aliphatic carbocycles. The Morgan fingerprint density at radius 1 is 1.25 bits per heavy atom. The topological polar surface area (TPSA) is 92.5 Å². The van der Waals surface area contributed by atoms with Gasteiger partial charge in [0, 0.05) is 5.56 Å². The largest absolute Gasteiger partial charge is 0.546 e. The molecule has 6 heteroatoms. The molecule has 5 nitrogen and oxygen atoms in total. The molecular weight excluding hydrogens is 234 g/mol. The first kappa shape index (κ1) is 14.4. The quantitative estimate of drug-likeness (QED) is 0.697. The molecule has 1 rings (SSSR count). The van der Waals surface area contributed by atoms with E-state index < -0.39 is 12.6 Å². The zero-order valence-corrected chi connectivity index (χ0v) is 9.16. The van der Waals surface area contributed by atoms with E-state index in [1.54, 1.807) is 0 Å². The number of ketones is 1. The van der Waals surface area contributed by atoms with Crippen LogP contribution in [0.4, 0.5) is 0 Å². The molecule has 0 bridgehead atoms. The fourth-order valence-corrected chi connectivity index (χ4v) is 0.997. The molecule has 1 aromatic rings. The van der Waals surface area contributed by atoms with E-state index in [4.69, 9.17) is 10.5 Å². The highest BCUT2D eigenvalue weighted by molar-refractivity contribution is 5.97. The van der Waals surface area contributed by atoms with E-state index in [1.807, 2.05) is 0 Å². The molecule has 2 N–H and O–H groups in total. The van der Waals surface area contributed by atoms with Gasteiger partial charge in [0.1, 0.15) is 12.4 Å². The van der Waals surface area contributed by atoms with Crippen molar-refractivity contribution < 1.29 is 19.4 Å². The summed E-state index contributed by atoms with van der Waals surface area (Å²) in [7, 11) is 0. The number of carboxylic acid groups (broad SMARTS) is 1. The maximum absolute atomic E-state index is 11.1. The van der Waals surface area contributed by atoms with Crippen molar-refractivity contribution in [3.05, 3.63) is 29.8 Å². The van der Waals surface area contributed by atoms with E-state index in [1.165, 1.54) is 24.3 Å². The number of ether oxygens (including phenoxy) is 1. The number of hydrogen-bond donors (Lipinski definition) is 1. The highest BCUT2D eigenvalue weighted by Gasteiger charge is 2.02. The summed E-state index contributed by atoms with van der Waals surface area (Å²) in [5, 5.41) is 10.1. The molecule has 0 unspecified atom stereocenters. The van der Waals surface area contributed by atoms with Crippen molar-refractivity contribution in [3.8, 4) is 5.75 Å². The second-order valence-corrected chi connectivity index (χ2v) is 2.81. The van der Waals surface area contributed by atoms with Gasteiger partial charge >= 0.3 is 0 Å². The molecule has 16 heavy (non-hydrogen) atoms. The summed E-state index contributed by atoms with van der Waals surface area (Å²) in [6.07, 6.45) is 0. The highest BCUT2D eigenvalue weighted by Crippen LogP contribution is 2.12. The van der Waals surface area contributed by atoms with Crippen molar-refractivity contribution in [2.75, 3.05) is 13.2 Å². The summed E-state index contributed by atoms with van der Waals surface area (Å²) in [4.78, 5) is 21.2. The molecule has 0 radical (unpaired) electrons. The Morgan fingerprint density at radius 2 is 1.81 bits per heavy atom. The maximum atomic E-state index is 11.1. The number of Topliss-reactive ketones (excluding diaryl/α,β-unsaturated/α-hetero) is 1. The van der Waals surface area contributed by atoms with Crippen LogP contribution >= 0.6 is 12.4 Å². The molecule has 0 aliphatic rings. The molecule has 0 saturated heterocycles. The van der Waals surface area contributed by atoms with Gasteiger partial charge < -0.3 is 20.4 Å². The zero-order chi connectivity index (χ0) is 11.3. The number of benzene rings is 1. The maximum Gasteiger partial charge on any atom is 0.176 e. The Kier molecular flexibility index (Phi) is 6.14. The lowest BCUT2D eigenvalue weighted by molar-refractivity contribution is -0.307. The zero-order valence-electron chi connectivity index (χ0n) is 8.34. The van der Waals surface area contributed by atoms with Gasteiger partial charge in [0.25, 0.3) is 0 Å². The van der Waals surface area contributed by atoms with Crippen LogP contribution < -0.4 is 15.6 Å². The van der Waals surface area contributed by atoms with Crippen LogP contribution in [-0.2, 0) is 4.79 Å². The SMILES string of the molecule is Cl.NCC(=O)c1ccc(OCC(=O)[O-])cc1. The Hall–Kier alpha value is -1.59. The van der Waals surface area contributed by atoms with Gasteiger partial charge in [-0.1, -0.05) is 0 Å². The first-order valence-electron chi connectivity index (χ1n) is 4.29. The molecule has 88 valence electrons. The Morgan fingerprint density at radius 3 is 2.25 bits per heavy atom. The normalized spacial score (nSPS) is 9.06. The summed E-state index contributed by atoms with van der Waals surface area (Å²) in [5.41, 5.74) is 5.64.